The standard InChI is InChI=1S/C32H31ClN6O4S/c1-37(2)16-7-11-26(40)38-17-6-8-20(19-38)35-30(41)29-28-27-24(14-15-34-31(27)44-29)39(32(42)36-28)21-12-13-25(23(33)18-21)43-22-9-4-3-5-10-22/h3-5,7,9-15,18,20H,6,8,16-17,19H2,1-2H3,(H,35,41)(H,36,42)/b11-7+/t20-/m1/s1. The van der Waals surface area contributed by atoms with Crippen LogP contribution in [0.3, 0.4) is 0 Å². The number of nitrogens with one attached hydrogen (secondary N) is 2. The highest BCUT2D eigenvalue weighted by atomic mass is 35.5. The van der Waals surface area contributed by atoms with Crippen molar-refractivity contribution in [2.75, 3.05) is 43.9 Å². The van der Waals surface area contributed by atoms with E-state index in [1.54, 1.807) is 41.4 Å². The van der Waals surface area contributed by atoms with E-state index in [9.17, 15) is 14.4 Å². The molecule has 0 spiro atoms. The fourth-order valence-electron chi connectivity index (χ4n) is 5.34. The number of halogens is 1. The Balaban J connectivity index is 1.22. The summed E-state index contributed by atoms with van der Waals surface area (Å²) < 4.78 is 5.90. The number of thiophene rings is 1. The van der Waals surface area contributed by atoms with E-state index in [0.29, 0.717) is 68.3 Å². The predicted molar refractivity (Wildman–Crippen MR) is 174 cm³/mol. The van der Waals surface area contributed by atoms with Crippen LogP contribution in [-0.2, 0) is 4.79 Å². The number of rotatable bonds is 8. The quantitative estimate of drug-likeness (QED) is 0.223. The highest BCUT2D eigenvalue weighted by Crippen LogP contribution is 2.46. The number of urea groups is 1. The van der Waals surface area contributed by atoms with Gasteiger partial charge in [0.1, 0.15) is 21.2 Å². The number of nitrogens with zero attached hydrogens (tertiary/aromatic N) is 4. The Hall–Kier alpha value is -4.45. The fourth-order valence-corrected chi connectivity index (χ4v) is 6.58. The summed E-state index contributed by atoms with van der Waals surface area (Å²) in [4.78, 5) is 50.5. The molecule has 10 nitrogen and oxygen atoms in total. The Labute approximate surface area is 263 Å². The van der Waals surface area contributed by atoms with Crippen LogP contribution in [0.25, 0.3) is 10.2 Å². The van der Waals surface area contributed by atoms with Gasteiger partial charge in [-0.2, -0.15) is 0 Å². The first kappa shape index (κ1) is 29.6. The van der Waals surface area contributed by atoms with Crippen molar-refractivity contribution in [3.8, 4) is 11.5 Å². The second-order valence-electron chi connectivity index (χ2n) is 10.9. The molecule has 1 atom stereocenters. The van der Waals surface area contributed by atoms with Gasteiger partial charge in [-0.1, -0.05) is 35.9 Å². The largest absolute Gasteiger partial charge is 0.456 e. The molecule has 4 amide bonds. The van der Waals surface area contributed by atoms with Gasteiger partial charge in [-0.3, -0.25) is 14.5 Å². The Bertz CT molecular complexity index is 1760. The highest BCUT2D eigenvalue weighted by Gasteiger charge is 2.34. The summed E-state index contributed by atoms with van der Waals surface area (Å²) in [6, 6.07) is 15.6. The molecule has 1 saturated heterocycles. The molecule has 4 heterocycles. The van der Waals surface area contributed by atoms with Gasteiger partial charge >= 0.3 is 6.03 Å². The van der Waals surface area contributed by atoms with E-state index in [4.69, 9.17) is 16.3 Å². The molecular weight excluding hydrogens is 600 g/mol. The first-order valence-corrected chi connectivity index (χ1v) is 15.4. The third-order valence-corrected chi connectivity index (χ3v) is 8.79. The number of aromatic nitrogens is 1. The zero-order valence-electron chi connectivity index (χ0n) is 24.2. The van der Waals surface area contributed by atoms with Crippen molar-refractivity contribution in [2.45, 2.75) is 18.9 Å². The van der Waals surface area contributed by atoms with Crippen LogP contribution in [0.15, 0.2) is 72.9 Å². The molecule has 0 bridgehead atoms. The molecule has 2 aliphatic heterocycles. The molecule has 0 saturated carbocycles. The number of likely N-dealkylation sites (N-methyl/N-ethyl adjacent to an activating group) is 1. The minimum atomic E-state index is -0.427. The molecule has 1 fully saturated rings. The molecule has 12 heteroatoms. The Morgan fingerprint density at radius 3 is 2.80 bits per heavy atom. The van der Waals surface area contributed by atoms with Gasteiger partial charge in [0.15, 0.2) is 0 Å². The third kappa shape index (κ3) is 6.12. The van der Waals surface area contributed by atoms with Crippen LogP contribution in [0, 0.1) is 0 Å². The summed E-state index contributed by atoms with van der Waals surface area (Å²) in [6.45, 7) is 1.74. The van der Waals surface area contributed by atoms with E-state index in [2.05, 4.69) is 15.6 Å². The normalized spacial score (nSPS) is 16.5. The molecule has 0 radical (unpaired) electrons. The Kier molecular flexibility index (Phi) is 8.51. The van der Waals surface area contributed by atoms with Crippen molar-refractivity contribution in [2.24, 2.45) is 0 Å². The van der Waals surface area contributed by atoms with Crippen molar-refractivity contribution >= 4 is 68.1 Å². The maximum atomic E-state index is 13.6. The van der Waals surface area contributed by atoms with Crippen LogP contribution in [0.4, 0.5) is 21.9 Å². The Morgan fingerprint density at radius 2 is 2.02 bits per heavy atom. The van der Waals surface area contributed by atoms with Gasteiger partial charge in [-0.25, -0.2) is 9.78 Å². The SMILES string of the molecule is CN(C)C/C=C/C(=O)N1CCC[C@@H](NC(=O)c2sc3nccc4c3c2NC(=O)N4c2ccc(Oc3ccccc3)c(Cl)c2)C1. The predicted octanol–water partition coefficient (Wildman–Crippen LogP) is 6.26. The molecule has 6 rings (SSSR count). The number of ether oxygens (including phenoxy) is 1. The van der Waals surface area contributed by atoms with E-state index in [1.807, 2.05) is 55.4 Å². The molecular formula is C32H31ClN6O4S. The first-order valence-electron chi connectivity index (χ1n) is 14.2. The summed E-state index contributed by atoms with van der Waals surface area (Å²) in [6.07, 6.45) is 6.59. The van der Waals surface area contributed by atoms with Gasteiger partial charge in [0.2, 0.25) is 5.91 Å². The molecule has 0 unspecified atom stereocenters. The lowest BCUT2D eigenvalue weighted by atomic mass is 10.1. The second kappa shape index (κ2) is 12.7. The zero-order valence-corrected chi connectivity index (χ0v) is 25.8. The molecule has 2 aromatic carbocycles. The lowest BCUT2D eigenvalue weighted by Crippen LogP contribution is -2.49. The lowest BCUT2D eigenvalue weighted by molar-refractivity contribution is -0.127. The number of hydrogen-bond acceptors (Lipinski definition) is 7. The molecule has 226 valence electrons. The lowest BCUT2D eigenvalue weighted by Gasteiger charge is -2.32. The highest BCUT2D eigenvalue weighted by molar-refractivity contribution is 7.21. The van der Waals surface area contributed by atoms with E-state index in [1.165, 1.54) is 16.2 Å². The third-order valence-electron chi connectivity index (χ3n) is 7.40. The average Bonchev–Trinajstić information content (AvgIpc) is 3.38. The summed E-state index contributed by atoms with van der Waals surface area (Å²) >= 11 is 7.80. The van der Waals surface area contributed by atoms with Crippen molar-refractivity contribution in [1.29, 1.82) is 0 Å². The van der Waals surface area contributed by atoms with Crippen molar-refractivity contribution in [3.63, 3.8) is 0 Å². The van der Waals surface area contributed by atoms with Gasteiger partial charge in [0.05, 0.1) is 27.5 Å². The van der Waals surface area contributed by atoms with Gasteiger partial charge in [0.25, 0.3) is 5.91 Å². The minimum Gasteiger partial charge on any atom is -0.456 e. The molecule has 0 aliphatic carbocycles. The zero-order chi connectivity index (χ0) is 30.8. The summed E-state index contributed by atoms with van der Waals surface area (Å²) in [5, 5.41) is 7.02. The van der Waals surface area contributed by atoms with E-state index < -0.39 is 6.03 Å². The number of hydrogen-bond donors (Lipinski definition) is 2. The molecule has 2 aromatic heterocycles. The van der Waals surface area contributed by atoms with Crippen molar-refractivity contribution < 1.29 is 19.1 Å². The first-order chi connectivity index (χ1) is 21.3. The summed E-state index contributed by atoms with van der Waals surface area (Å²) in [5.41, 5.74) is 1.56. The van der Waals surface area contributed by atoms with E-state index >= 15 is 0 Å². The number of likely N-dealkylation sites (tertiary alicyclic amines) is 1. The van der Waals surface area contributed by atoms with Crippen LogP contribution >= 0.6 is 22.9 Å². The van der Waals surface area contributed by atoms with Crippen LogP contribution in [0.5, 0.6) is 11.5 Å². The number of benzene rings is 2. The monoisotopic (exact) mass is 630 g/mol. The number of piperidine rings is 1. The van der Waals surface area contributed by atoms with Gasteiger partial charge in [-0.05, 0) is 63.3 Å². The van der Waals surface area contributed by atoms with Crippen molar-refractivity contribution in [3.05, 3.63) is 82.8 Å². The van der Waals surface area contributed by atoms with Gasteiger partial charge < -0.3 is 25.2 Å². The van der Waals surface area contributed by atoms with Crippen molar-refractivity contribution in [1.82, 2.24) is 20.1 Å². The maximum absolute atomic E-state index is 13.6. The molecule has 2 N–H and O–H groups in total. The number of carbonyl (C=O) groups is 3. The number of amides is 4. The van der Waals surface area contributed by atoms with E-state index in [-0.39, 0.29) is 17.9 Å². The summed E-state index contributed by atoms with van der Waals surface area (Å²) in [5.74, 6) is 0.729. The number of anilines is 3. The minimum absolute atomic E-state index is 0.0660. The molecule has 2 aliphatic rings. The second-order valence-corrected chi connectivity index (χ2v) is 12.3. The Morgan fingerprint density at radius 1 is 1.20 bits per heavy atom. The summed E-state index contributed by atoms with van der Waals surface area (Å²) in [7, 11) is 3.88. The fraction of sp³-hybridized carbons (Fsp3) is 0.250. The van der Waals surface area contributed by atoms with Crippen LogP contribution < -0.4 is 20.3 Å². The van der Waals surface area contributed by atoms with Gasteiger partial charge in [0, 0.05) is 37.9 Å². The average molecular weight is 631 g/mol. The molecule has 44 heavy (non-hydrogen) atoms. The molecule has 4 aromatic rings. The topological polar surface area (TPSA) is 107 Å². The number of para-hydroxylation sites is 1. The maximum Gasteiger partial charge on any atom is 0.331 e. The van der Waals surface area contributed by atoms with Crippen LogP contribution in [0.1, 0.15) is 22.5 Å². The van der Waals surface area contributed by atoms with E-state index in [0.717, 1.165) is 12.8 Å². The number of carbonyl (C=O) groups excluding carboxylic acids is 3. The smallest absolute Gasteiger partial charge is 0.331 e. The van der Waals surface area contributed by atoms with Crippen LogP contribution in [0.2, 0.25) is 5.02 Å². The van der Waals surface area contributed by atoms with Gasteiger partial charge in [-0.15, -0.1) is 11.3 Å². The number of pyridine rings is 1. The van der Waals surface area contributed by atoms with Crippen LogP contribution in [-0.4, -0.2) is 72.4 Å².